The Labute approximate surface area is 160 Å². The quantitative estimate of drug-likeness (QED) is 0.365. The van der Waals surface area contributed by atoms with Crippen LogP contribution in [-0.2, 0) is 23.9 Å². The minimum Gasteiger partial charge on any atom is -0.480 e. The summed E-state index contributed by atoms with van der Waals surface area (Å²) < 4.78 is 4.92. The molecule has 3 atom stereocenters. The summed E-state index contributed by atoms with van der Waals surface area (Å²) in [7, 11) is 0. The number of carbonyl (C=O) groups is 4. The fourth-order valence-corrected chi connectivity index (χ4v) is 4.29. The highest BCUT2D eigenvalue weighted by Gasteiger charge is 2.46. The predicted octanol–water partition coefficient (Wildman–Crippen LogP) is -0.656. The zero-order valence-corrected chi connectivity index (χ0v) is 15.7. The van der Waals surface area contributed by atoms with Crippen LogP contribution in [0, 0.1) is 0 Å². The summed E-state index contributed by atoms with van der Waals surface area (Å²) in [5.74, 6) is -2.48. The third-order valence-corrected chi connectivity index (χ3v) is 5.77. The van der Waals surface area contributed by atoms with Crippen LogP contribution in [-0.4, -0.2) is 75.3 Å². The highest BCUT2D eigenvalue weighted by atomic mass is 32.2. The molecule has 5 N–H and O–H groups in total. The number of hydrogen-bond donors (Lipinski definition) is 4. The van der Waals surface area contributed by atoms with Crippen molar-refractivity contribution >= 4 is 35.6 Å². The summed E-state index contributed by atoms with van der Waals surface area (Å²) in [6.07, 6.45) is 0.734. The Morgan fingerprint density at radius 1 is 1.37 bits per heavy atom. The van der Waals surface area contributed by atoms with E-state index < -0.39 is 23.9 Å². The first-order valence-corrected chi connectivity index (χ1v) is 9.50. The Bertz CT molecular complexity index is 666. The third kappa shape index (κ3) is 5.36. The maximum Gasteiger partial charge on any atom is 0.352 e. The molecule has 0 bridgehead atoms. The van der Waals surface area contributed by atoms with E-state index in [-0.39, 0.29) is 42.5 Å². The third-order valence-electron chi connectivity index (χ3n) is 4.33. The number of aliphatic carboxylic acids is 2. The van der Waals surface area contributed by atoms with Gasteiger partial charge in [-0.05, 0) is 12.8 Å². The molecule has 10 nitrogen and oxygen atoms in total. The number of carboxylic acid groups (broad SMARTS) is 2. The van der Waals surface area contributed by atoms with Crippen molar-refractivity contribution in [1.29, 1.82) is 0 Å². The van der Waals surface area contributed by atoms with Gasteiger partial charge in [0.05, 0.1) is 11.4 Å². The number of nitrogens with one attached hydrogen (secondary N) is 1. The molecule has 2 rings (SSSR count). The zero-order valence-electron chi connectivity index (χ0n) is 14.8. The molecule has 0 aromatic rings. The van der Waals surface area contributed by atoms with E-state index in [4.69, 9.17) is 15.6 Å². The van der Waals surface area contributed by atoms with E-state index in [1.165, 1.54) is 18.7 Å². The molecule has 1 amide bonds. The number of rotatable bonds is 9. The van der Waals surface area contributed by atoms with E-state index in [0.717, 1.165) is 0 Å². The normalized spacial score (nSPS) is 22.4. The number of esters is 1. The van der Waals surface area contributed by atoms with Crippen molar-refractivity contribution in [1.82, 2.24) is 10.2 Å². The number of hydrogen-bond acceptors (Lipinski definition) is 8. The molecule has 2 heterocycles. The van der Waals surface area contributed by atoms with Crippen LogP contribution in [0.1, 0.15) is 26.2 Å². The molecule has 27 heavy (non-hydrogen) atoms. The Morgan fingerprint density at radius 3 is 2.67 bits per heavy atom. The SMILES string of the molecule is CC(=O)OCC1=C(C(=O)O)N2C[C@@H](NC(=O)CCCC(N)C(=O)O)C2SC1. The maximum absolute atomic E-state index is 12.0. The Balaban J connectivity index is 1.86. The van der Waals surface area contributed by atoms with Crippen molar-refractivity contribution in [2.45, 2.75) is 43.6 Å². The van der Waals surface area contributed by atoms with Crippen LogP contribution in [0.3, 0.4) is 0 Å². The minimum absolute atomic E-state index is 0.0615. The van der Waals surface area contributed by atoms with Crippen molar-refractivity contribution in [3.8, 4) is 0 Å². The lowest BCUT2D eigenvalue weighted by Crippen LogP contribution is -2.66. The summed E-state index contributed by atoms with van der Waals surface area (Å²) in [6.45, 7) is 1.55. The topological polar surface area (TPSA) is 159 Å². The van der Waals surface area contributed by atoms with E-state index in [0.29, 0.717) is 24.3 Å². The number of nitrogens with two attached hydrogens (primary N) is 1. The fourth-order valence-electron chi connectivity index (χ4n) is 2.94. The Kier molecular flexibility index (Phi) is 7.08. The molecule has 0 saturated carbocycles. The van der Waals surface area contributed by atoms with Crippen molar-refractivity contribution in [2.75, 3.05) is 18.9 Å². The van der Waals surface area contributed by atoms with Crippen LogP contribution in [0.5, 0.6) is 0 Å². The second-order valence-electron chi connectivity index (χ2n) is 6.40. The van der Waals surface area contributed by atoms with E-state index in [1.54, 1.807) is 4.90 Å². The molecule has 2 aliphatic rings. The molecule has 1 fully saturated rings. The molecule has 2 aliphatic heterocycles. The summed E-state index contributed by atoms with van der Waals surface area (Å²) in [5.41, 5.74) is 6.05. The highest BCUT2D eigenvalue weighted by Crippen LogP contribution is 2.39. The number of amides is 1. The van der Waals surface area contributed by atoms with E-state index in [1.807, 2.05) is 0 Å². The predicted molar refractivity (Wildman–Crippen MR) is 95.6 cm³/mol. The van der Waals surface area contributed by atoms with Gasteiger partial charge in [-0.2, -0.15) is 0 Å². The van der Waals surface area contributed by atoms with Crippen molar-refractivity contribution in [2.24, 2.45) is 5.73 Å². The molecule has 150 valence electrons. The minimum atomic E-state index is -1.10. The van der Waals surface area contributed by atoms with Gasteiger partial charge >= 0.3 is 17.9 Å². The van der Waals surface area contributed by atoms with Gasteiger partial charge in [-0.1, -0.05) is 0 Å². The Morgan fingerprint density at radius 2 is 2.07 bits per heavy atom. The molecular formula is C16H23N3O7S. The second kappa shape index (κ2) is 9.09. The first-order chi connectivity index (χ1) is 12.7. The first kappa shape index (κ1) is 21.0. The van der Waals surface area contributed by atoms with Gasteiger partial charge in [0.25, 0.3) is 0 Å². The number of ether oxygens (including phenoxy) is 1. The first-order valence-electron chi connectivity index (χ1n) is 8.45. The van der Waals surface area contributed by atoms with Gasteiger partial charge < -0.3 is 30.9 Å². The highest BCUT2D eigenvalue weighted by molar-refractivity contribution is 8.00. The summed E-state index contributed by atoms with van der Waals surface area (Å²) in [5, 5.41) is 20.9. The molecule has 0 radical (unpaired) electrons. The lowest BCUT2D eigenvalue weighted by atomic mass is 10.0. The summed E-state index contributed by atoms with van der Waals surface area (Å²) >= 11 is 1.48. The fraction of sp³-hybridized carbons (Fsp3) is 0.625. The van der Waals surface area contributed by atoms with Gasteiger partial charge in [-0.3, -0.25) is 14.4 Å². The van der Waals surface area contributed by atoms with Gasteiger partial charge in [-0.25, -0.2) is 4.79 Å². The number of carbonyl (C=O) groups excluding carboxylic acids is 2. The maximum atomic E-state index is 12.0. The van der Waals surface area contributed by atoms with Gasteiger partial charge in [-0.15, -0.1) is 11.8 Å². The number of carboxylic acids is 2. The lowest BCUT2D eigenvalue weighted by Gasteiger charge is -2.52. The van der Waals surface area contributed by atoms with Crippen LogP contribution in [0.2, 0.25) is 0 Å². The number of thioether (sulfide) groups is 1. The average molecular weight is 401 g/mol. The van der Waals surface area contributed by atoms with Gasteiger partial charge in [0.1, 0.15) is 18.3 Å². The summed E-state index contributed by atoms with van der Waals surface area (Å²) in [6, 6.07) is -1.18. The molecule has 11 heteroatoms. The molecule has 2 unspecified atom stereocenters. The van der Waals surface area contributed by atoms with Gasteiger partial charge in [0, 0.05) is 31.2 Å². The zero-order chi connectivity index (χ0) is 20.1. The molecular weight excluding hydrogens is 378 g/mol. The van der Waals surface area contributed by atoms with Gasteiger partial charge in [0.15, 0.2) is 0 Å². The molecule has 0 aromatic heterocycles. The van der Waals surface area contributed by atoms with Crippen LogP contribution in [0.15, 0.2) is 11.3 Å². The summed E-state index contributed by atoms with van der Waals surface area (Å²) in [4.78, 5) is 46.9. The van der Waals surface area contributed by atoms with Crippen molar-refractivity contribution in [3.05, 3.63) is 11.3 Å². The van der Waals surface area contributed by atoms with Gasteiger partial charge in [0.2, 0.25) is 5.91 Å². The smallest absolute Gasteiger partial charge is 0.352 e. The second-order valence-corrected chi connectivity index (χ2v) is 7.51. The Hall–Kier alpha value is -2.27. The molecule has 0 aliphatic carbocycles. The van der Waals surface area contributed by atoms with Crippen LogP contribution in [0.25, 0.3) is 0 Å². The molecule has 0 aromatic carbocycles. The van der Waals surface area contributed by atoms with Crippen molar-refractivity contribution < 1.29 is 34.1 Å². The standard InChI is InChI=1S/C16H23N3O7S/c1-8(20)26-6-9-7-27-14-11(5-19(14)13(9)16(24)25)18-12(21)4-2-3-10(17)15(22)23/h10-11,14H,2-7,17H2,1H3,(H,18,21)(H,22,23)(H,24,25)/t10?,11-,14?/m1/s1. The van der Waals surface area contributed by atoms with Crippen LogP contribution >= 0.6 is 11.8 Å². The molecule has 1 saturated heterocycles. The van der Waals surface area contributed by atoms with Crippen LogP contribution < -0.4 is 11.1 Å². The molecule has 0 spiro atoms. The van der Waals surface area contributed by atoms with Crippen LogP contribution in [0.4, 0.5) is 0 Å². The van der Waals surface area contributed by atoms with E-state index in [2.05, 4.69) is 5.32 Å². The largest absolute Gasteiger partial charge is 0.480 e. The monoisotopic (exact) mass is 401 g/mol. The number of fused-ring (bicyclic) bond motifs is 1. The van der Waals surface area contributed by atoms with E-state index >= 15 is 0 Å². The number of nitrogens with zero attached hydrogens (tertiary/aromatic N) is 1. The van der Waals surface area contributed by atoms with Crippen molar-refractivity contribution in [3.63, 3.8) is 0 Å². The lowest BCUT2D eigenvalue weighted by molar-refractivity contribution is -0.141. The van der Waals surface area contributed by atoms with E-state index in [9.17, 15) is 24.3 Å². The average Bonchev–Trinajstić information content (AvgIpc) is 2.56.